The van der Waals surface area contributed by atoms with Crippen LogP contribution in [0.2, 0.25) is 0 Å². The van der Waals surface area contributed by atoms with Gasteiger partial charge in [-0.2, -0.15) is 11.8 Å². The first-order valence-corrected chi connectivity index (χ1v) is 8.92. The number of hydrogen-bond acceptors (Lipinski definition) is 5. The fourth-order valence-electron chi connectivity index (χ4n) is 2.70. The van der Waals surface area contributed by atoms with Crippen LogP contribution in [0.3, 0.4) is 0 Å². The maximum absolute atomic E-state index is 13.2. The second kappa shape index (κ2) is 7.22. The lowest BCUT2D eigenvalue weighted by Crippen LogP contribution is -2.56. The molecule has 0 bridgehead atoms. The maximum atomic E-state index is 13.2. The van der Waals surface area contributed by atoms with Gasteiger partial charge in [0, 0.05) is 0 Å². The lowest BCUT2D eigenvalue weighted by atomic mass is 9.92. The summed E-state index contributed by atoms with van der Waals surface area (Å²) < 4.78 is 14.6. The van der Waals surface area contributed by atoms with Crippen LogP contribution in [-0.2, 0) is 11.3 Å². The highest BCUT2D eigenvalue weighted by Crippen LogP contribution is 2.27. The van der Waals surface area contributed by atoms with E-state index in [2.05, 4.69) is 15.6 Å². The van der Waals surface area contributed by atoms with Crippen molar-refractivity contribution >= 4 is 23.6 Å². The van der Waals surface area contributed by atoms with Crippen LogP contribution in [-0.4, -0.2) is 49.0 Å². The lowest BCUT2D eigenvalue weighted by molar-refractivity contribution is -0.144. The molecule has 1 aromatic carbocycles. The van der Waals surface area contributed by atoms with E-state index in [4.69, 9.17) is 0 Å². The molecule has 0 saturated carbocycles. The minimum absolute atomic E-state index is 0.0373. The van der Waals surface area contributed by atoms with E-state index in [1.165, 1.54) is 23.0 Å². The third-order valence-electron chi connectivity index (χ3n) is 4.11. The molecule has 0 spiro atoms. The summed E-state index contributed by atoms with van der Waals surface area (Å²) in [5.74, 6) is -0.597. The number of nitrogens with zero attached hydrogens (tertiary/aromatic N) is 3. The van der Waals surface area contributed by atoms with Gasteiger partial charge in [0.2, 0.25) is 0 Å². The summed E-state index contributed by atoms with van der Waals surface area (Å²) in [6.07, 6.45) is 2.17. The van der Waals surface area contributed by atoms with E-state index >= 15 is 0 Å². The predicted molar refractivity (Wildman–Crippen MR) is 89.9 cm³/mol. The van der Waals surface area contributed by atoms with Gasteiger partial charge in [0.15, 0.2) is 5.69 Å². The first kappa shape index (κ1) is 17.4. The Morgan fingerprint density at radius 2 is 2.12 bits per heavy atom. The maximum Gasteiger partial charge on any atom is 0.329 e. The van der Waals surface area contributed by atoms with Crippen molar-refractivity contribution in [1.82, 2.24) is 20.3 Å². The van der Waals surface area contributed by atoms with E-state index in [-0.39, 0.29) is 18.1 Å². The highest BCUT2D eigenvalue weighted by Gasteiger charge is 2.41. The molecule has 0 radical (unpaired) electrons. The summed E-state index contributed by atoms with van der Waals surface area (Å²) in [6, 6.07) is 6.05. The van der Waals surface area contributed by atoms with Gasteiger partial charge in [0.05, 0.1) is 12.7 Å². The first-order chi connectivity index (χ1) is 12.0. The number of carboxylic acids is 1. The first-order valence-electron chi connectivity index (χ1n) is 7.77. The highest BCUT2D eigenvalue weighted by molar-refractivity contribution is 7.99. The number of hydrogen-bond donors (Lipinski definition) is 2. The summed E-state index contributed by atoms with van der Waals surface area (Å²) in [7, 11) is 0. The molecule has 1 saturated heterocycles. The van der Waals surface area contributed by atoms with Gasteiger partial charge in [-0.15, -0.1) is 5.10 Å². The number of aliphatic carboxylic acids is 1. The molecule has 1 fully saturated rings. The monoisotopic (exact) mass is 364 g/mol. The normalized spacial score (nSPS) is 16.4. The van der Waals surface area contributed by atoms with Crippen LogP contribution in [0.1, 0.15) is 28.9 Å². The molecule has 25 heavy (non-hydrogen) atoms. The third kappa shape index (κ3) is 3.98. The fourth-order valence-corrected chi connectivity index (χ4v) is 3.89. The number of carbonyl (C=O) groups excluding carboxylic acids is 1. The number of thioether (sulfide) groups is 1. The largest absolute Gasteiger partial charge is 0.480 e. The van der Waals surface area contributed by atoms with Crippen LogP contribution in [0, 0.1) is 5.82 Å². The minimum atomic E-state index is -1.26. The number of aromatic nitrogens is 3. The Bertz CT molecular complexity index is 789. The number of amides is 1. The van der Waals surface area contributed by atoms with Crippen LogP contribution >= 0.6 is 11.8 Å². The van der Waals surface area contributed by atoms with Gasteiger partial charge in [0.1, 0.15) is 11.4 Å². The van der Waals surface area contributed by atoms with Gasteiger partial charge >= 0.3 is 5.97 Å². The van der Waals surface area contributed by atoms with E-state index in [1.807, 2.05) is 0 Å². The summed E-state index contributed by atoms with van der Waals surface area (Å²) in [4.78, 5) is 24.0. The summed E-state index contributed by atoms with van der Waals surface area (Å²) in [6.45, 7) is 0.263. The van der Waals surface area contributed by atoms with E-state index in [0.29, 0.717) is 29.9 Å². The smallest absolute Gasteiger partial charge is 0.329 e. The zero-order valence-electron chi connectivity index (χ0n) is 13.3. The molecule has 1 amide bonds. The molecule has 0 atom stereocenters. The minimum Gasteiger partial charge on any atom is -0.480 e. The molecular weight excluding hydrogens is 347 g/mol. The molecule has 1 aliphatic rings. The third-order valence-corrected chi connectivity index (χ3v) is 5.10. The predicted octanol–water partition coefficient (Wildman–Crippen LogP) is 1.55. The zero-order valence-corrected chi connectivity index (χ0v) is 14.1. The average Bonchev–Trinajstić information content (AvgIpc) is 3.04. The Labute approximate surface area is 147 Å². The molecule has 2 heterocycles. The quantitative estimate of drug-likeness (QED) is 0.835. The van der Waals surface area contributed by atoms with Gasteiger partial charge in [-0.1, -0.05) is 17.3 Å². The average molecular weight is 364 g/mol. The molecule has 132 valence electrons. The number of rotatable bonds is 5. The molecule has 2 aromatic rings. The van der Waals surface area contributed by atoms with Crippen molar-refractivity contribution in [2.45, 2.75) is 24.9 Å². The molecule has 9 heteroatoms. The standard InChI is InChI=1S/C16H17FN4O3S/c17-12-3-1-2-11(8-12)9-21-10-13(19-20-21)14(22)18-16(15(23)24)4-6-25-7-5-16/h1-3,8,10H,4-7,9H2,(H,18,22)(H,23,24). The van der Waals surface area contributed by atoms with Crippen molar-refractivity contribution in [2.24, 2.45) is 0 Å². The van der Waals surface area contributed by atoms with Crippen molar-refractivity contribution in [1.29, 1.82) is 0 Å². The summed E-state index contributed by atoms with van der Waals surface area (Å²) in [5, 5.41) is 19.8. The van der Waals surface area contributed by atoms with Crippen LogP contribution in [0.15, 0.2) is 30.5 Å². The Hall–Kier alpha value is -2.42. The van der Waals surface area contributed by atoms with Crippen molar-refractivity contribution in [3.63, 3.8) is 0 Å². The molecule has 1 aromatic heterocycles. The zero-order chi connectivity index (χ0) is 17.9. The number of carbonyl (C=O) groups is 2. The molecule has 2 N–H and O–H groups in total. The molecule has 1 aliphatic heterocycles. The Morgan fingerprint density at radius 1 is 1.36 bits per heavy atom. The van der Waals surface area contributed by atoms with Crippen LogP contribution < -0.4 is 5.32 Å². The van der Waals surface area contributed by atoms with Crippen molar-refractivity contribution in [3.05, 3.63) is 47.5 Å². The molecular formula is C16H17FN4O3S. The van der Waals surface area contributed by atoms with Crippen molar-refractivity contribution < 1.29 is 19.1 Å². The lowest BCUT2D eigenvalue weighted by Gasteiger charge is -2.33. The number of halogens is 1. The van der Waals surface area contributed by atoms with Crippen LogP contribution in [0.5, 0.6) is 0 Å². The van der Waals surface area contributed by atoms with Crippen molar-refractivity contribution in [3.8, 4) is 0 Å². The van der Waals surface area contributed by atoms with E-state index in [1.54, 1.807) is 23.9 Å². The molecule has 0 unspecified atom stereocenters. The van der Waals surface area contributed by atoms with Gasteiger partial charge in [-0.05, 0) is 42.0 Å². The van der Waals surface area contributed by atoms with Crippen LogP contribution in [0.25, 0.3) is 0 Å². The van der Waals surface area contributed by atoms with E-state index in [9.17, 15) is 19.1 Å². The molecule has 7 nitrogen and oxygen atoms in total. The Balaban J connectivity index is 1.70. The van der Waals surface area contributed by atoms with Gasteiger partial charge in [-0.3, -0.25) is 4.79 Å². The molecule has 0 aliphatic carbocycles. The SMILES string of the molecule is O=C(NC1(C(=O)O)CCSCC1)c1cn(Cc2cccc(F)c2)nn1. The van der Waals surface area contributed by atoms with Gasteiger partial charge in [-0.25, -0.2) is 13.9 Å². The molecule has 3 rings (SSSR count). The number of nitrogens with one attached hydrogen (secondary N) is 1. The topological polar surface area (TPSA) is 97.1 Å². The Kier molecular flexibility index (Phi) is 5.03. The Morgan fingerprint density at radius 3 is 2.80 bits per heavy atom. The van der Waals surface area contributed by atoms with E-state index < -0.39 is 17.4 Å². The second-order valence-corrected chi connectivity index (χ2v) is 7.11. The second-order valence-electron chi connectivity index (χ2n) is 5.89. The number of benzene rings is 1. The van der Waals surface area contributed by atoms with Gasteiger partial charge < -0.3 is 10.4 Å². The fraction of sp³-hybridized carbons (Fsp3) is 0.375. The summed E-state index contributed by atoms with van der Waals surface area (Å²) >= 11 is 1.67. The summed E-state index contributed by atoms with van der Waals surface area (Å²) in [5.41, 5.74) is -0.535. The number of carboxylic acid groups (broad SMARTS) is 1. The van der Waals surface area contributed by atoms with Crippen molar-refractivity contribution in [2.75, 3.05) is 11.5 Å². The van der Waals surface area contributed by atoms with Gasteiger partial charge in [0.25, 0.3) is 5.91 Å². The van der Waals surface area contributed by atoms with Crippen LogP contribution in [0.4, 0.5) is 4.39 Å². The van der Waals surface area contributed by atoms with E-state index in [0.717, 1.165) is 0 Å². The highest BCUT2D eigenvalue weighted by atomic mass is 32.2.